The Morgan fingerprint density at radius 1 is 1.52 bits per heavy atom. The van der Waals surface area contributed by atoms with E-state index in [9.17, 15) is 9.59 Å². The zero-order chi connectivity index (χ0) is 16.4. The Balaban J connectivity index is 1.74. The Labute approximate surface area is 139 Å². The van der Waals surface area contributed by atoms with E-state index in [4.69, 9.17) is 0 Å². The summed E-state index contributed by atoms with van der Waals surface area (Å²) in [6.07, 6.45) is 3.23. The van der Waals surface area contributed by atoms with Crippen molar-refractivity contribution in [2.45, 2.75) is 39.3 Å². The van der Waals surface area contributed by atoms with Crippen LogP contribution >= 0.6 is 11.3 Å². The summed E-state index contributed by atoms with van der Waals surface area (Å²) in [7, 11) is 0. The summed E-state index contributed by atoms with van der Waals surface area (Å²) < 4.78 is 1.80. The standard InChI is InChI=1S/C16H20N4O2S/c1-3-20-14(6-7-17-20)19-8-4-5-12(16(19)22)18-15(21)13-9-11(2)10-23-13/h6-7,9-10,12H,3-5,8H2,1-2H3,(H,18,21)/t12-/m1/s1. The van der Waals surface area contributed by atoms with Crippen molar-refractivity contribution >= 4 is 29.0 Å². The average Bonchev–Trinajstić information content (AvgIpc) is 3.18. The zero-order valence-electron chi connectivity index (χ0n) is 13.3. The Morgan fingerprint density at radius 2 is 2.35 bits per heavy atom. The van der Waals surface area contributed by atoms with Crippen LogP contribution < -0.4 is 10.2 Å². The van der Waals surface area contributed by atoms with Crippen LogP contribution in [0.4, 0.5) is 5.82 Å². The Bertz CT molecular complexity index is 721. The predicted octanol–water partition coefficient (Wildman–Crippen LogP) is 2.20. The van der Waals surface area contributed by atoms with Crippen molar-refractivity contribution in [1.82, 2.24) is 15.1 Å². The van der Waals surface area contributed by atoms with Gasteiger partial charge in [-0.3, -0.25) is 14.5 Å². The molecule has 2 amide bonds. The Kier molecular flexibility index (Phi) is 4.47. The summed E-state index contributed by atoms with van der Waals surface area (Å²) >= 11 is 1.40. The van der Waals surface area contributed by atoms with Crippen molar-refractivity contribution in [2.75, 3.05) is 11.4 Å². The van der Waals surface area contributed by atoms with Gasteiger partial charge in [-0.2, -0.15) is 5.10 Å². The number of hydrogen-bond acceptors (Lipinski definition) is 4. The molecule has 6 nitrogen and oxygen atoms in total. The molecule has 0 spiro atoms. The van der Waals surface area contributed by atoms with E-state index in [1.54, 1.807) is 15.8 Å². The molecule has 2 aromatic heterocycles. The molecule has 1 saturated heterocycles. The maximum absolute atomic E-state index is 12.7. The minimum absolute atomic E-state index is 0.0620. The first-order chi connectivity index (χ1) is 11.1. The van der Waals surface area contributed by atoms with Crippen molar-refractivity contribution < 1.29 is 9.59 Å². The number of rotatable bonds is 4. The van der Waals surface area contributed by atoms with Gasteiger partial charge in [-0.05, 0) is 43.7 Å². The quantitative estimate of drug-likeness (QED) is 0.933. The van der Waals surface area contributed by atoms with Crippen LogP contribution in [0.2, 0.25) is 0 Å². The van der Waals surface area contributed by atoms with E-state index in [0.29, 0.717) is 24.4 Å². The van der Waals surface area contributed by atoms with Crippen molar-refractivity contribution in [3.8, 4) is 0 Å². The molecule has 3 rings (SSSR count). The fourth-order valence-electron chi connectivity index (χ4n) is 2.81. The fourth-order valence-corrected chi connectivity index (χ4v) is 3.62. The first-order valence-electron chi connectivity index (χ1n) is 7.79. The molecule has 23 heavy (non-hydrogen) atoms. The van der Waals surface area contributed by atoms with E-state index in [1.165, 1.54) is 11.3 Å². The topological polar surface area (TPSA) is 67.2 Å². The van der Waals surface area contributed by atoms with Crippen LogP contribution in [-0.2, 0) is 11.3 Å². The summed E-state index contributed by atoms with van der Waals surface area (Å²) in [6.45, 7) is 5.31. The summed E-state index contributed by atoms with van der Waals surface area (Å²) in [4.78, 5) is 27.4. The number of carbonyl (C=O) groups is 2. The molecule has 3 heterocycles. The lowest BCUT2D eigenvalue weighted by molar-refractivity contribution is -0.121. The van der Waals surface area contributed by atoms with Crippen molar-refractivity contribution in [3.05, 3.63) is 34.2 Å². The van der Waals surface area contributed by atoms with Crippen molar-refractivity contribution in [1.29, 1.82) is 0 Å². The highest BCUT2D eigenvalue weighted by Gasteiger charge is 2.32. The second-order valence-electron chi connectivity index (χ2n) is 5.65. The average molecular weight is 332 g/mol. The molecule has 1 atom stereocenters. The third-order valence-electron chi connectivity index (χ3n) is 3.97. The van der Waals surface area contributed by atoms with Gasteiger partial charge in [-0.25, -0.2) is 4.68 Å². The monoisotopic (exact) mass is 332 g/mol. The summed E-state index contributed by atoms with van der Waals surface area (Å²) in [6, 6.07) is 3.21. The van der Waals surface area contributed by atoms with E-state index in [-0.39, 0.29) is 11.8 Å². The lowest BCUT2D eigenvalue weighted by Gasteiger charge is -2.32. The van der Waals surface area contributed by atoms with Gasteiger partial charge in [0.2, 0.25) is 0 Å². The highest BCUT2D eigenvalue weighted by molar-refractivity contribution is 7.12. The molecule has 1 N–H and O–H groups in total. The number of aromatic nitrogens is 2. The lowest BCUT2D eigenvalue weighted by Crippen LogP contribution is -2.52. The van der Waals surface area contributed by atoms with Crippen LogP contribution in [0.3, 0.4) is 0 Å². The van der Waals surface area contributed by atoms with Gasteiger partial charge in [0.15, 0.2) is 0 Å². The Hall–Kier alpha value is -2.15. The number of hydrogen-bond donors (Lipinski definition) is 1. The van der Waals surface area contributed by atoms with Crippen LogP contribution in [0.15, 0.2) is 23.7 Å². The highest BCUT2D eigenvalue weighted by atomic mass is 32.1. The molecule has 1 aliphatic rings. The molecular formula is C16H20N4O2S. The minimum Gasteiger partial charge on any atom is -0.340 e. The smallest absolute Gasteiger partial charge is 0.262 e. The number of amides is 2. The van der Waals surface area contributed by atoms with E-state index >= 15 is 0 Å². The minimum atomic E-state index is -0.473. The zero-order valence-corrected chi connectivity index (χ0v) is 14.1. The molecule has 0 radical (unpaired) electrons. The summed E-state index contributed by atoms with van der Waals surface area (Å²) in [5, 5.41) is 9.03. The summed E-state index contributed by atoms with van der Waals surface area (Å²) in [5.41, 5.74) is 1.06. The molecule has 7 heteroatoms. The molecule has 0 unspecified atom stereocenters. The first-order valence-corrected chi connectivity index (χ1v) is 8.67. The number of carbonyl (C=O) groups excluding carboxylic acids is 2. The fraction of sp³-hybridized carbons (Fsp3) is 0.438. The van der Waals surface area contributed by atoms with Crippen LogP contribution in [0, 0.1) is 6.92 Å². The van der Waals surface area contributed by atoms with E-state index in [2.05, 4.69) is 10.4 Å². The molecule has 122 valence electrons. The normalized spacial score (nSPS) is 18.3. The molecular weight excluding hydrogens is 312 g/mol. The second kappa shape index (κ2) is 6.54. The number of thiophene rings is 1. The maximum Gasteiger partial charge on any atom is 0.262 e. The van der Waals surface area contributed by atoms with Crippen LogP contribution in [0.1, 0.15) is 35.0 Å². The number of aryl methyl sites for hydroxylation is 2. The largest absolute Gasteiger partial charge is 0.340 e. The van der Waals surface area contributed by atoms with Gasteiger partial charge in [0.25, 0.3) is 11.8 Å². The Morgan fingerprint density at radius 3 is 3.04 bits per heavy atom. The van der Waals surface area contributed by atoms with Crippen LogP contribution in [0.25, 0.3) is 0 Å². The van der Waals surface area contributed by atoms with Gasteiger partial charge in [0.05, 0.1) is 11.1 Å². The second-order valence-corrected chi connectivity index (χ2v) is 6.56. The maximum atomic E-state index is 12.7. The number of anilines is 1. The number of nitrogens with zero attached hydrogens (tertiary/aromatic N) is 3. The molecule has 1 fully saturated rings. The molecule has 1 aliphatic heterocycles. The summed E-state index contributed by atoms with van der Waals surface area (Å²) in [5.74, 6) is 0.559. The molecule has 0 aliphatic carbocycles. The van der Waals surface area contributed by atoms with E-state index < -0.39 is 6.04 Å². The molecule has 0 bridgehead atoms. The van der Waals surface area contributed by atoms with Gasteiger partial charge in [0.1, 0.15) is 11.9 Å². The SMILES string of the molecule is CCn1nccc1N1CCC[C@@H](NC(=O)c2cc(C)cs2)C1=O. The molecule has 0 saturated carbocycles. The van der Waals surface area contributed by atoms with Crippen LogP contribution in [-0.4, -0.2) is 34.2 Å². The van der Waals surface area contributed by atoms with Crippen molar-refractivity contribution in [2.24, 2.45) is 0 Å². The lowest BCUT2D eigenvalue weighted by atomic mass is 10.0. The first kappa shape index (κ1) is 15.7. The van der Waals surface area contributed by atoms with Crippen molar-refractivity contribution in [3.63, 3.8) is 0 Å². The third kappa shape index (κ3) is 3.14. The van der Waals surface area contributed by atoms with Crippen LogP contribution in [0.5, 0.6) is 0 Å². The molecule has 2 aromatic rings. The van der Waals surface area contributed by atoms with Gasteiger partial charge in [-0.1, -0.05) is 0 Å². The van der Waals surface area contributed by atoms with Gasteiger partial charge in [0, 0.05) is 19.2 Å². The number of piperidine rings is 1. The van der Waals surface area contributed by atoms with Gasteiger partial charge >= 0.3 is 0 Å². The van der Waals surface area contributed by atoms with E-state index in [1.807, 2.05) is 31.4 Å². The number of nitrogens with one attached hydrogen (secondary N) is 1. The third-order valence-corrected chi connectivity index (χ3v) is 5.02. The predicted molar refractivity (Wildman–Crippen MR) is 89.8 cm³/mol. The van der Waals surface area contributed by atoms with E-state index in [0.717, 1.165) is 17.8 Å². The molecule has 0 aromatic carbocycles. The highest BCUT2D eigenvalue weighted by Crippen LogP contribution is 2.21. The van der Waals surface area contributed by atoms with Gasteiger partial charge in [-0.15, -0.1) is 11.3 Å². The van der Waals surface area contributed by atoms with Gasteiger partial charge < -0.3 is 5.32 Å².